The highest BCUT2D eigenvalue weighted by Crippen LogP contribution is 2.30. The van der Waals surface area contributed by atoms with Gasteiger partial charge in [0.25, 0.3) is 0 Å². The molecule has 0 saturated carbocycles. The molecule has 26 heavy (non-hydrogen) atoms. The number of rotatable bonds is 5. The van der Waals surface area contributed by atoms with Crippen LogP contribution in [0.4, 0.5) is 15.8 Å². The summed E-state index contributed by atoms with van der Waals surface area (Å²) in [6.45, 7) is 3.72. The highest BCUT2D eigenvalue weighted by atomic mass is 35.5. The summed E-state index contributed by atoms with van der Waals surface area (Å²) in [6.07, 6.45) is 5.81. The van der Waals surface area contributed by atoms with Gasteiger partial charge >= 0.3 is 5.97 Å². The molecule has 5 nitrogen and oxygen atoms in total. The van der Waals surface area contributed by atoms with E-state index in [1.165, 1.54) is 42.9 Å². The van der Waals surface area contributed by atoms with Gasteiger partial charge in [-0.15, -0.1) is 0 Å². The van der Waals surface area contributed by atoms with Gasteiger partial charge in [0.15, 0.2) is 0 Å². The minimum absolute atomic E-state index is 0.00908. The van der Waals surface area contributed by atoms with Crippen molar-refractivity contribution in [2.75, 3.05) is 5.32 Å². The molecule has 1 aromatic carbocycles. The Hall–Kier alpha value is -3.25. The van der Waals surface area contributed by atoms with E-state index in [1.807, 2.05) is 0 Å². The second-order valence-corrected chi connectivity index (χ2v) is 5.77. The van der Waals surface area contributed by atoms with Gasteiger partial charge in [-0.3, -0.25) is 9.97 Å². The molecule has 0 radical (unpaired) electrons. The van der Waals surface area contributed by atoms with Gasteiger partial charge in [0.1, 0.15) is 11.4 Å². The molecule has 2 aromatic heterocycles. The van der Waals surface area contributed by atoms with Crippen molar-refractivity contribution >= 4 is 35.0 Å². The molecule has 0 amide bonds. The van der Waals surface area contributed by atoms with Crippen molar-refractivity contribution in [2.45, 2.75) is 0 Å². The van der Waals surface area contributed by atoms with Crippen LogP contribution >= 0.6 is 11.6 Å². The van der Waals surface area contributed by atoms with E-state index in [0.717, 1.165) is 0 Å². The molecular weight excluding hydrogens is 357 g/mol. The molecule has 0 aliphatic heterocycles. The molecule has 0 aliphatic carbocycles. The van der Waals surface area contributed by atoms with Crippen molar-refractivity contribution in [3.05, 3.63) is 77.5 Å². The lowest BCUT2D eigenvalue weighted by Gasteiger charge is -2.13. The van der Waals surface area contributed by atoms with E-state index in [0.29, 0.717) is 27.7 Å². The second kappa shape index (κ2) is 7.33. The number of carboxylic acids is 1. The van der Waals surface area contributed by atoms with Crippen LogP contribution in [0.5, 0.6) is 0 Å². The molecule has 3 aromatic rings. The Bertz CT molecular complexity index is 1010. The fourth-order valence-corrected chi connectivity index (χ4v) is 2.57. The monoisotopic (exact) mass is 369 g/mol. The average molecular weight is 370 g/mol. The van der Waals surface area contributed by atoms with Gasteiger partial charge in [-0.2, -0.15) is 0 Å². The van der Waals surface area contributed by atoms with Crippen LogP contribution in [0.15, 0.2) is 55.5 Å². The number of aromatic nitrogens is 2. The number of pyridine rings is 2. The normalized spacial score (nSPS) is 10.4. The number of aromatic carboxylic acids is 1. The lowest BCUT2D eigenvalue weighted by molar-refractivity contribution is 0.0697. The Morgan fingerprint density at radius 3 is 2.77 bits per heavy atom. The smallest absolute Gasteiger partial charge is 0.339 e. The molecule has 0 atom stereocenters. The van der Waals surface area contributed by atoms with Crippen LogP contribution in [0, 0.1) is 5.82 Å². The Morgan fingerprint density at radius 1 is 1.23 bits per heavy atom. The van der Waals surface area contributed by atoms with E-state index in [2.05, 4.69) is 21.9 Å². The zero-order chi connectivity index (χ0) is 18.7. The molecule has 0 unspecified atom stereocenters. The first-order valence-corrected chi connectivity index (χ1v) is 7.89. The molecule has 130 valence electrons. The van der Waals surface area contributed by atoms with Gasteiger partial charge in [0.2, 0.25) is 0 Å². The van der Waals surface area contributed by atoms with Gasteiger partial charge in [-0.25, -0.2) is 9.18 Å². The molecule has 0 spiro atoms. The fourth-order valence-electron chi connectivity index (χ4n) is 2.40. The lowest BCUT2D eigenvalue weighted by Crippen LogP contribution is -2.04. The maximum Gasteiger partial charge on any atom is 0.339 e. The number of nitrogens with zero attached hydrogens (tertiary/aromatic N) is 2. The molecule has 0 aliphatic rings. The van der Waals surface area contributed by atoms with Crippen molar-refractivity contribution in [3.63, 3.8) is 0 Å². The van der Waals surface area contributed by atoms with E-state index in [-0.39, 0.29) is 11.1 Å². The number of carbonyl (C=O) groups is 1. The van der Waals surface area contributed by atoms with Crippen LogP contribution in [0.3, 0.4) is 0 Å². The Labute approximate surface area is 153 Å². The Morgan fingerprint density at radius 2 is 2.04 bits per heavy atom. The van der Waals surface area contributed by atoms with Crippen molar-refractivity contribution in [1.82, 2.24) is 9.97 Å². The highest BCUT2D eigenvalue weighted by molar-refractivity contribution is 6.30. The maximum atomic E-state index is 14.1. The number of hydrogen-bond donors (Lipinski definition) is 2. The van der Waals surface area contributed by atoms with Crippen molar-refractivity contribution in [3.8, 4) is 11.3 Å². The van der Waals surface area contributed by atoms with Gasteiger partial charge in [0.05, 0.1) is 11.4 Å². The molecule has 2 heterocycles. The number of carboxylic acid groups (broad SMARTS) is 1. The number of benzene rings is 1. The van der Waals surface area contributed by atoms with Gasteiger partial charge in [-0.05, 0) is 30.3 Å². The maximum absolute atomic E-state index is 14.1. The molecule has 0 fully saturated rings. The van der Waals surface area contributed by atoms with Crippen LogP contribution in [0.2, 0.25) is 5.02 Å². The first-order valence-electron chi connectivity index (χ1n) is 7.52. The minimum Gasteiger partial charge on any atom is -0.478 e. The zero-order valence-corrected chi connectivity index (χ0v) is 14.2. The molecular formula is C19H13ClFN3O2. The summed E-state index contributed by atoms with van der Waals surface area (Å²) in [5.41, 5.74) is 2.10. The van der Waals surface area contributed by atoms with Crippen molar-refractivity contribution in [2.24, 2.45) is 0 Å². The van der Waals surface area contributed by atoms with Crippen LogP contribution < -0.4 is 5.32 Å². The minimum atomic E-state index is -1.11. The summed E-state index contributed by atoms with van der Waals surface area (Å²) in [5.74, 6) is -1.58. The second-order valence-electron chi connectivity index (χ2n) is 5.34. The quantitative estimate of drug-likeness (QED) is 0.660. The van der Waals surface area contributed by atoms with Gasteiger partial charge < -0.3 is 10.4 Å². The predicted molar refractivity (Wildman–Crippen MR) is 99.2 cm³/mol. The van der Waals surface area contributed by atoms with E-state index in [1.54, 1.807) is 12.1 Å². The summed E-state index contributed by atoms with van der Waals surface area (Å²) in [7, 11) is 0. The summed E-state index contributed by atoms with van der Waals surface area (Å²) >= 11 is 5.95. The zero-order valence-electron chi connectivity index (χ0n) is 13.4. The summed E-state index contributed by atoms with van der Waals surface area (Å²) in [6, 6.07) is 7.34. The van der Waals surface area contributed by atoms with Crippen LogP contribution in [0.25, 0.3) is 17.3 Å². The average Bonchev–Trinajstić information content (AvgIpc) is 2.64. The van der Waals surface area contributed by atoms with E-state index >= 15 is 0 Å². The predicted octanol–water partition coefficient (Wildman–Crippen LogP) is 5.02. The third-order valence-corrected chi connectivity index (χ3v) is 3.91. The standard InChI is InChI=1S/C19H13ClFN3O2/c1-2-11-9-23-18(13-7-12(20)3-4-15(13)21)8-17(11)24-16-5-6-22-10-14(16)19(25)26/h2-10H,1H2,(H,25,26)(H,22,23,24). The van der Waals surface area contributed by atoms with Crippen LogP contribution in [-0.2, 0) is 0 Å². The largest absolute Gasteiger partial charge is 0.478 e. The lowest BCUT2D eigenvalue weighted by atomic mass is 10.1. The third kappa shape index (κ3) is 3.55. The van der Waals surface area contributed by atoms with E-state index in [9.17, 15) is 14.3 Å². The fraction of sp³-hybridized carbons (Fsp3) is 0. The number of hydrogen-bond acceptors (Lipinski definition) is 4. The summed E-state index contributed by atoms with van der Waals surface area (Å²) in [5, 5.41) is 12.7. The van der Waals surface area contributed by atoms with Gasteiger partial charge in [-0.1, -0.05) is 24.3 Å². The highest BCUT2D eigenvalue weighted by Gasteiger charge is 2.14. The van der Waals surface area contributed by atoms with Crippen LogP contribution in [-0.4, -0.2) is 21.0 Å². The summed E-state index contributed by atoms with van der Waals surface area (Å²) in [4.78, 5) is 19.4. The Balaban J connectivity index is 2.09. The van der Waals surface area contributed by atoms with Crippen molar-refractivity contribution < 1.29 is 14.3 Å². The SMILES string of the molecule is C=Cc1cnc(-c2cc(Cl)ccc2F)cc1Nc1ccncc1C(=O)O. The molecule has 3 rings (SSSR count). The molecule has 7 heteroatoms. The van der Waals surface area contributed by atoms with E-state index in [4.69, 9.17) is 11.6 Å². The molecule has 0 bridgehead atoms. The first kappa shape index (κ1) is 17.6. The molecule has 2 N–H and O–H groups in total. The number of halogens is 2. The summed E-state index contributed by atoms with van der Waals surface area (Å²) < 4.78 is 14.1. The van der Waals surface area contributed by atoms with Gasteiger partial charge in [0, 0.05) is 40.4 Å². The number of anilines is 2. The topological polar surface area (TPSA) is 75.1 Å². The Kier molecular flexibility index (Phi) is 4.95. The first-order chi connectivity index (χ1) is 12.5. The number of nitrogens with one attached hydrogen (secondary N) is 1. The van der Waals surface area contributed by atoms with Crippen LogP contribution in [0.1, 0.15) is 15.9 Å². The van der Waals surface area contributed by atoms with Crippen molar-refractivity contribution in [1.29, 1.82) is 0 Å². The molecule has 0 saturated heterocycles. The van der Waals surface area contributed by atoms with E-state index < -0.39 is 11.8 Å². The third-order valence-electron chi connectivity index (χ3n) is 3.68.